The highest BCUT2D eigenvalue weighted by Gasteiger charge is 2.06. The zero-order chi connectivity index (χ0) is 17.8. The van der Waals surface area contributed by atoms with Crippen molar-refractivity contribution in [2.24, 2.45) is 4.99 Å². The monoisotopic (exact) mass is 334 g/mol. The summed E-state index contributed by atoms with van der Waals surface area (Å²) in [6.45, 7) is 11.7. The van der Waals surface area contributed by atoms with Crippen molar-refractivity contribution in [2.45, 2.75) is 33.1 Å². The van der Waals surface area contributed by atoms with Crippen LogP contribution in [0.25, 0.3) is 0 Å². The molecule has 0 amide bonds. The van der Waals surface area contributed by atoms with Gasteiger partial charge in [0.1, 0.15) is 5.75 Å². The summed E-state index contributed by atoms with van der Waals surface area (Å²) in [4.78, 5) is 6.68. The third-order valence-electron chi connectivity index (χ3n) is 4.39. The number of nitrogens with one attached hydrogen (secondary N) is 2. The lowest BCUT2D eigenvalue weighted by Gasteiger charge is -2.19. The van der Waals surface area contributed by atoms with E-state index < -0.39 is 0 Å². The van der Waals surface area contributed by atoms with Gasteiger partial charge < -0.3 is 20.3 Å². The maximum Gasteiger partial charge on any atom is 0.191 e. The molecule has 1 unspecified atom stereocenters. The predicted octanol–water partition coefficient (Wildman–Crippen LogP) is 2.70. The van der Waals surface area contributed by atoms with Crippen LogP contribution in [0.5, 0.6) is 5.75 Å². The molecule has 0 fully saturated rings. The summed E-state index contributed by atoms with van der Waals surface area (Å²) < 4.78 is 5.21. The van der Waals surface area contributed by atoms with Gasteiger partial charge in [0.25, 0.3) is 0 Å². The van der Waals surface area contributed by atoms with Crippen molar-refractivity contribution in [3.8, 4) is 5.75 Å². The van der Waals surface area contributed by atoms with Gasteiger partial charge in [0, 0.05) is 26.7 Å². The van der Waals surface area contributed by atoms with Crippen molar-refractivity contribution in [3.63, 3.8) is 0 Å². The second kappa shape index (κ2) is 11.7. The van der Waals surface area contributed by atoms with Crippen LogP contribution in [0.4, 0.5) is 0 Å². The average molecular weight is 335 g/mol. The van der Waals surface area contributed by atoms with Crippen LogP contribution in [0.15, 0.2) is 29.3 Å². The lowest BCUT2D eigenvalue weighted by molar-refractivity contribution is 0.308. The van der Waals surface area contributed by atoms with Gasteiger partial charge >= 0.3 is 0 Å². The number of likely N-dealkylation sites (N-methyl/N-ethyl adjacent to an activating group) is 1. The number of aliphatic imine (C=N–C) groups is 1. The molecular weight excluding hydrogens is 300 g/mol. The minimum Gasteiger partial charge on any atom is -0.497 e. The standard InChI is InChI=1S/C19H34N4O/c1-6-23(7-2)15-14-22-19(20-4)21-13-12-16(3)17-8-10-18(24-5)11-9-17/h8-11,16H,6-7,12-15H2,1-5H3,(H2,20,21,22). The van der Waals surface area contributed by atoms with Crippen LogP contribution in [0, 0.1) is 0 Å². The van der Waals surface area contributed by atoms with E-state index in [0.29, 0.717) is 5.92 Å². The molecule has 0 aliphatic carbocycles. The molecule has 1 aromatic rings. The third kappa shape index (κ3) is 7.21. The number of hydrogen-bond acceptors (Lipinski definition) is 3. The van der Waals surface area contributed by atoms with Crippen molar-refractivity contribution >= 4 is 5.96 Å². The number of benzene rings is 1. The van der Waals surface area contributed by atoms with Crippen LogP contribution in [-0.4, -0.2) is 57.7 Å². The van der Waals surface area contributed by atoms with Crippen LogP contribution in [-0.2, 0) is 0 Å². The number of ether oxygens (including phenoxy) is 1. The topological polar surface area (TPSA) is 48.9 Å². The maximum absolute atomic E-state index is 5.21. The summed E-state index contributed by atoms with van der Waals surface area (Å²) in [5.74, 6) is 2.28. The number of methoxy groups -OCH3 is 1. The third-order valence-corrected chi connectivity index (χ3v) is 4.39. The van der Waals surface area contributed by atoms with Crippen LogP contribution < -0.4 is 15.4 Å². The lowest BCUT2D eigenvalue weighted by atomic mass is 9.98. The molecule has 0 aliphatic heterocycles. The average Bonchev–Trinajstić information content (AvgIpc) is 2.63. The number of nitrogens with zero attached hydrogens (tertiary/aromatic N) is 2. The van der Waals surface area contributed by atoms with Crippen molar-refractivity contribution in [2.75, 3.05) is 46.9 Å². The van der Waals surface area contributed by atoms with Crippen LogP contribution in [0.2, 0.25) is 0 Å². The molecule has 0 spiro atoms. The first-order valence-corrected chi connectivity index (χ1v) is 8.95. The van der Waals surface area contributed by atoms with Gasteiger partial charge in [-0.05, 0) is 43.1 Å². The number of hydrogen-bond donors (Lipinski definition) is 2. The van der Waals surface area contributed by atoms with Gasteiger partial charge in [-0.2, -0.15) is 0 Å². The quantitative estimate of drug-likeness (QED) is 0.510. The Morgan fingerprint density at radius 1 is 1.12 bits per heavy atom. The first kappa shape index (κ1) is 20.3. The molecule has 0 aromatic heterocycles. The van der Waals surface area contributed by atoms with Crippen molar-refractivity contribution in [1.29, 1.82) is 0 Å². The maximum atomic E-state index is 5.21. The van der Waals surface area contributed by atoms with E-state index >= 15 is 0 Å². The molecule has 0 saturated heterocycles. The van der Waals surface area contributed by atoms with E-state index in [1.807, 2.05) is 19.2 Å². The smallest absolute Gasteiger partial charge is 0.191 e. The highest BCUT2D eigenvalue weighted by Crippen LogP contribution is 2.21. The Balaban J connectivity index is 2.30. The number of rotatable bonds is 10. The fraction of sp³-hybridized carbons (Fsp3) is 0.632. The first-order valence-electron chi connectivity index (χ1n) is 8.95. The van der Waals surface area contributed by atoms with Gasteiger partial charge in [0.2, 0.25) is 0 Å². The first-order chi connectivity index (χ1) is 11.6. The van der Waals surface area contributed by atoms with E-state index in [1.165, 1.54) is 5.56 Å². The van der Waals surface area contributed by atoms with Gasteiger partial charge in [0.15, 0.2) is 5.96 Å². The molecule has 1 aromatic carbocycles. The highest BCUT2D eigenvalue weighted by atomic mass is 16.5. The van der Waals surface area contributed by atoms with E-state index in [1.54, 1.807) is 7.11 Å². The predicted molar refractivity (Wildman–Crippen MR) is 103 cm³/mol. The van der Waals surface area contributed by atoms with E-state index in [2.05, 4.69) is 53.4 Å². The van der Waals surface area contributed by atoms with E-state index in [0.717, 1.165) is 50.9 Å². The Labute approximate surface area is 147 Å². The Hall–Kier alpha value is -1.75. The largest absolute Gasteiger partial charge is 0.497 e. The van der Waals surface area contributed by atoms with Crippen LogP contribution in [0.3, 0.4) is 0 Å². The molecule has 24 heavy (non-hydrogen) atoms. The van der Waals surface area contributed by atoms with E-state index in [-0.39, 0.29) is 0 Å². The van der Waals surface area contributed by atoms with Gasteiger partial charge in [-0.15, -0.1) is 0 Å². The van der Waals surface area contributed by atoms with Crippen LogP contribution in [0.1, 0.15) is 38.7 Å². The second-order valence-corrected chi connectivity index (χ2v) is 5.92. The number of guanidine groups is 1. The summed E-state index contributed by atoms with van der Waals surface area (Å²) in [5.41, 5.74) is 1.34. The molecule has 0 aliphatic rings. The molecule has 2 N–H and O–H groups in total. The SMILES string of the molecule is CCN(CC)CCNC(=NC)NCCC(C)c1ccc(OC)cc1. The highest BCUT2D eigenvalue weighted by molar-refractivity contribution is 5.79. The molecule has 0 bridgehead atoms. The molecular formula is C19H34N4O. The summed E-state index contributed by atoms with van der Waals surface area (Å²) in [6, 6.07) is 8.32. The van der Waals surface area contributed by atoms with Gasteiger partial charge in [0.05, 0.1) is 7.11 Å². The van der Waals surface area contributed by atoms with Gasteiger partial charge in [-0.25, -0.2) is 0 Å². The molecule has 136 valence electrons. The minimum absolute atomic E-state index is 0.497. The fourth-order valence-corrected chi connectivity index (χ4v) is 2.60. The lowest BCUT2D eigenvalue weighted by Crippen LogP contribution is -2.42. The Bertz CT molecular complexity index is 469. The molecule has 0 radical (unpaired) electrons. The molecule has 1 rings (SSSR count). The minimum atomic E-state index is 0.497. The van der Waals surface area contributed by atoms with E-state index in [9.17, 15) is 0 Å². The van der Waals surface area contributed by atoms with Crippen LogP contribution >= 0.6 is 0 Å². The molecule has 5 heteroatoms. The summed E-state index contributed by atoms with van der Waals surface area (Å²) in [7, 11) is 3.51. The van der Waals surface area contributed by atoms with E-state index in [4.69, 9.17) is 4.74 Å². The summed E-state index contributed by atoms with van der Waals surface area (Å²) in [6.07, 6.45) is 1.06. The zero-order valence-electron chi connectivity index (χ0n) is 15.9. The normalized spacial score (nSPS) is 13.0. The molecule has 0 heterocycles. The Morgan fingerprint density at radius 3 is 2.29 bits per heavy atom. The molecule has 5 nitrogen and oxygen atoms in total. The van der Waals surface area contributed by atoms with Gasteiger partial charge in [-0.3, -0.25) is 4.99 Å². The zero-order valence-corrected chi connectivity index (χ0v) is 15.9. The van der Waals surface area contributed by atoms with Crippen molar-refractivity contribution < 1.29 is 4.74 Å². The summed E-state index contributed by atoms with van der Waals surface area (Å²) >= 11 is 0. The molecule has 1 atom stereocenters. The van der Waals surface area contributed by atoms with Gasteiger partial charge in [-0.1, -0.05) is 32.9 Å². The summed E-state index contributed by atoms with van der Waals surface area (Å²) in [5, 5.41) is 6.78. The second-order valence-electron chi connectivity index (χ2n) is 5.92. The van der Waals surface area contributed by atoms with Crippen molar-refractivity contribution in [1.82, 2.24) is 15.5 Å². The Kier molecular flexibility index (Phi) is 9.92. The molecule has 0 saturated carbocycles. The fourth-order valence-electron chi connectivity index (χ4n) is 2.60. The Morgan fingerprint density at radius 2 is 1.75 bits per heavy atom. The van der Waals surface area contributed by atoms with Crippen molar-refractivity contribution in [3.05, 3.63) is 29.8 Å².